The smallest absolute Gasteiger partial charge is 0.335 e. The fraction of sp³-hybridized carbons (Fsp3) is 0.360. The monoisotopic (exact) mass is 404 g/mol. The number of fused-ring (bicyclic) bond motifs is 1. The molecule has 156 valence electrons. The number of hydrogen-bond acceptors (Lipinski definition) is 3. The standard InChI is InChI=1S/C25H28N2O3/c1-25(2)15-19-14-18(24(29)30)10-13-21(19)27-22(25)16-8-11-20(12-9-16)26-23(28)17-6-4-3-5-7-17/h6,8-14,22,27H,3-5,7,15H2,1-2H3,(H,26,28)(H,29,30). The topological polar surface area (TPSA) is 78.4 Å². The Kier molecular flexibility index (Phi) is 5.37. The first-order valence-corrected chi connectivity index (χ1v) is 10.6. The number of anilines is 2. The molecule has 2 aromatic rings. The molecule has 1 amide bonds. The molecule has 5 nitrogen and oxygen atoms in total. The maximum atomic E-state index is 12.4. The third kappa shape index (κ3) is 4.11. The lowest BCUT2D eigenvalue weighted by Gasteiger charge is -2.41. The lowest BCUT2D eigenvalue weighted by molar-refractivity contribution is -0.113. The summed E-state index contributed by atoms with van der Waals surface area (Å²) in [6, 6.07) is 13.4. The zero-order valence-corrected chi connectivity index (χ0v) is 17.5. The normalized spacial score (nSPS) is 19.8. The summed E-state index contributed by atoms with van der Waals surface area (Å²) in [7, 11) is 0. The van der Waals surface area contributed by atoms with Crippen LogP contribution in [0.1, 0.15) is 67.1 Å². The Morgan fingerprint density at radius 3 is 2.53 bits per heavy atom. The summed E-state index contributed by atoms with van der Waals surface area (Å²) in [5.74, 6) is -0.902. The van der Waals surface area contributed by atoms with Crippen LogP contribution in [0.5, 0.6) is 0 Å². The second-order valence-electron chi connectivity index (χ2n) is 8.97. The second-order valence-corrected chi connectivity index (χ2v) is 8.97. The van der Waals surface area contributed by atoms with Crippen molar-refractivity contribution in [1.29, 1.82) is 0 Å². The molecule has 0 aromatic heterocycles. The van der Waals surface area contributed by atoms with Gasteiger partial charge in [-0.25, -0.2) is 4.79 Å². The molecule has 4 rings (SSSR count). The van der Waals surface area contributed by atoms with Crippen LogP contribution in [0, 0.1) is 5.41 Å². The Hall–Kier alpha value is -3.08. The Morgan fingerprint density at radius 1 is 1.10 bits per heavy atom. The van der Waals surface area contributed by atoms with Gasteiger partial charge in [-0.05, 0) is 79.0 Å². The Labute approximate surface area is 177 Å². The summed E-state index contributed by atoms with van der Waals surface area (Å²) >= 11 is 0. The van der Waals surface area contributed by atoms with Crippen LogP contribution in [-0.4, -0.2) is 17.0 Å². The first-order chi connectivity index (χ1) is 14.3. The molecule has 1 heterocycles. The Morgan fingerprint density at radius 2 is 1.87 bits per heavy atom. The quantitative estimate of drug-likeness (QED) is 0.623. The van der Waals surface area contributed by atoms with Crippen LogP contribution in [0.2, 0.25) is 0 Å². The molecule has 0 radical (unpaired) electrons. The molecule has 0 saturated carbocycles. The number of amides is 1. The van der Waals surface area contributed by atoms with Crippen molar-refractivity contribution in [2.75, 3.05) is 10.6 Å². The van der Waals surface area contributed by atoms with E-state index < -0.39 is 5.97 Å². The highest BCUT2D eigenvalue weighted by Crippen LogP contribution is 2.45. The van der Waals surface area contributed by atoms with E-state index >= 15 is 0 Å². The number of carboxylic acids is 1. The number of hydrogen-bond donors (Lipinski definition) is 3. The van der Waals surface area contributed by atoms with Gasteiger partial charge in [0.25, 0.3) is 5.91 Å². The average molecular weight is 405 g/mol. The lowest BCUT2D eigenvalue weighted by atomic mass is 9.72. The zero-order chi connectivity index (χ0) is 21.3. The summed E-state index contributed by atoms with van der Waals surface area (Å²) in [6.45, 7) is 4.37. The van der Waals surface area contributed by atoms with Crippen molar-refractivity contribution >= 4 is 23.3 Å². The van der Waals surface area contributed by atoms with Crippen molar-refractivity contribution in [3.05, 3.63) is 70.8 Å². The summed E-state index contributed by atoms with van der Waals surface area (Å²) < 4.78 is 0. The molecule has 30 heavy (non-hydrogen) atoms. The molecular formula is C25H28N2O3. The minimum Gasteiger partial charge on any atom is -0.478 e. The molecule has 1 aliphatic heterocycles. The van der Waals surface area contributed by atoms with Crippen LogP contribution in [0.15, 0.2) is 54.1 Å². The highest BCUT2D eigenvalue weighted by atomic mass is 16.4. The predicted octanol–water partition coefficient (Wildman–Crippen LogP) is 5.56. The summed E-state index contributed by atoms with van der Waals surface area (Å²) in [6.07, 6.45) is 6.92. The van der Waals surface area contributed by atoms with E-state index in [0.717, 1.165) is 60.2 Å². The second kappa shape index (κ2) is 7.98. The van der Waals surface area contributed by atoms with Crippen molar-refractivity contribution in [2.24, 2.45) is 5.41 Å². The number of allylic oxidation sites excluding steroid dienone is 1. The van der Waals surface area contributed by atoms with Gasteiger partial charge in [-0.2, -0.15) is 0 Å². The number of aromatic carboxylic acids is 1. The van der Waals surface area contributed by atoms with Crippen LogP contribution in [-0.2, 0) is 11.2 Å². The number of carboxylic acid groups (broad SMARTS) is 1. The average Bonchev–Trinajstić information content (AvgIpc) is 2.73. The van der Waals surface area contributed by atoms with E-state index in [1.54, 1.807) is 12.1 Å². The minimum absolute atomic E-state index is 0.00160. The maximum absolute atomic E-state index is 12.4. The van der Waals surface area contributed by atoms with Crippen LogP contribution in [0.3, 0.4) is 0 Å². The van der Waals surface area contributed by atoms with Crippen molar-refractivity contribution in [3.63, 3.8) is 0 Å². The lowest BCUT2D eigenvalue weighted by Crippen LogP contribution is -2.35. The van der Waals surface area contributed by atoms with Crippen molar-refractivity contribution in [1.82, 2.24) is 0 Å². The van der Waals surface area contributed by atoms with E-state index in [-0.39, 0.29) is 17.4 Å². The van der Waals surface area contributed by atoms with E-state index in [4.69, 9.17) is 0 Å². The SMILES string of the molecule is CC1(C)Cc2cc(C(=O)O)ccc2NC1c1ccc(NC(=O)C2=CCCCC2)cc1. The van der Waals surface area contributed by atoms with Gasteiger partial charge in [0, 0.05) is 16.9 Å². The van der Waals surface area contributed by atoms with Gasteiger partial charge in [0.1, 0.15) is 0 Å². The first kappa shape index (κ1) is 20.2. The van der Waals surface area contributed by atoms with Crippen molar-refractivity contribution in [3.8, 4) is 0 Å². The largest absolute Gasteiger partial charge is 0.478 e. The first-order valence-electron chi connectivity index (χ1n) is 10.6. The molecule has 5 heteroatoms. The summed E-state index contributed by atoms with van der Waals surface area (Å²) in [5.41, 5.74) is 5.06. The minimum atomic E-state index is -0.903. The zero-order valence-electron chi connectivity index (χ0n) is 17.5. The number of carbonyl (C=O) groups is 2. The van der Waals surface area contributed by atoms with Crippen LogP contribution < -0.4 is 10.6 Å². The highest BCUT2D eigenvalue weighted by molar-refractivity contribution is 6.03. The molecule has 1 atom stereocenters. The molecule has 0 spiro atoms. The van der Waals surface area contributed by atoms with Gasteiger partial charge in [0.2, 0.25) is 0 Å². The predicted molar refractivity (Wildman–Crippen MR) is 119 cm³/mol. The van der Waals surface area contributed by atoms with E-state index in [2.05, 4.69) is 42.7 Å². The van der Waals surface area contributed by atoms with Crippen LogP contribution in [0.25, 0.3) is 0 Å². The molecule has 3 N–H and O–H groups in total. The van der Waals surface area contributed by atoms with E-state index in [9.17, 15) is 14.7 Å². The fourth-order valence-electron chi connectivity index (χ4n) is 4.51. The van der Waals surface area contributed by atoms with E-state index in [1.165, 1.54) is 0 Å². The summed E-state index contributed by atoms with van der Waals surface area (Å²) in [4.78, 5) is 23.7. The fourth-order valence-corrected chi connectivity index (χ4v) is 4.51. The van der Waals surface area contributed by atoms with Gasteiger partial charge in [-0.15, -0.1) is 0 Å². The van der Waals surface area contributed by atoms with Gasteiger partial charge in [0.15, 0.2) is 0 Å². The molecule has 0 saturated heterocycles. The Balaban J connectivity index is 1.51. The van der Waals surface area contributed by atoms with Crippen molar-refractivity contribution in [2.45, 2.75) is 52.0 Å². The van der Waals surface area contributed by atoms with Gasteiger partial charge in [-0.3, -0.25) is 4.79 Å². The third-order valence-corrected chi connectivity index (χ3v) is 6.16. The number of rotatable bonds is 4. The maximum Gasteiger partial charge on any atom is 0.335 e. The number of benzene rings is 2. The van der Waals surface area contributed by atoms with Gasteiger partial charge >= 0.3 is 5.97 Å². The summed E-state index contributed by atoms with van der Waals surface area (Å²) in [5, 5.41) is 15.9. The molecule has 1 unspecified atom stereocenters. The molecule has 0 fully saturated rings. The Bertz CT molecular complexity index is 1010. The molecule has 1 aliphatic carbocycles. The van der Waals surface area contributed by atoms with Crippen LogP contribution >= 0.6 is 0 Å². The van der Waals surface area contributed by atoms with E-state index in [1.807, 2.05) is 18.2 Å². The highest BCUT2D eigenvalue weighted by Gasteiger charge is 2.36. The van der Waals surface area contributed by atoms with Gasteiger partial charge < -0.3 is 15.7 Å². The molecule has 2 aliphatic rings. The number of nitrogens with one attached hydrogen (secondary N) is 2. The molecule has 2 aromatic carbocycles. The molecular weight excluding hydrogens is 376 g/mol. The molecule has 0 bridgehead atoms. The third-order valence-electron chi connectivity index (χ3n) is 6.16. The number of carbonyl (C=O) groups excluding carboxylic acids is 1. The van der Waals surface area contributed by atoms with Gasteiger partial charge in [-0.1, -0.05) is 32.1 Å². The van der Waals surface area contributed by atoms with Gasteiger partial charge in [0.05, 0.1) is 11.6 Å². The van der Waals surface area contributed by atoms with E-state index in [0.29, 0.717) is 5.56 Å². The van der Waals surface area contributed by atoms with Crippen LogP contribution in [0.4, 0.5) is 11.4 Å². The van der Waals surface area contributed by atoms with Crippen molar-refractivity contribution < 1.29 is 14.7 Å².